The number of alkyl halides is 2. The molecule has 1 unspecified atom stereocenters. The van der Waals surface area contributed by atoms with E-state index in [1.54, 1.807) is 0 Å². The lowest BCUT2D eigenvalue weighted by Gasteiger charge is -2.27. The summed E-state index contributed by atoms with van der Waals surface area (Å²) in [4.78, 5) is 1.89. The van der Waals surface area contributed by atoms with Crippen molar-refractivity contribution in [2.75, 3.05) is 13.2 Å². The third-order valence-electron chi connectivity index (χ3n) is 5.19. The van der Waals surface area contributed by atoms with Crippen LogP contribution in [0.2, 0.25) is 0 Å². The molecule has 0 amide bonds. The molecule has 1 fully saturated rings. The van der Waals surface area contributed by atoms with Gasteiger partial charge < -0.3 is 9.64 Å². The third kappa shape index (κ3) is 3.16. The summed E-state index contributed by atoms with van der Waals surface area (Å²) in [7, 11) is 0. The monoisotopic (exact) mass is 357 g/mol. The van der Waals surface area contributed by atoms with Gasteiger partial charge in [0.1, 0.15) is 11.6 Å². The van der Waals surface area contributed by atoms with Gasteiger partial charge in [0.25, 0.3) is 5.92 Å². The van der Waals surface area contributed by atoms with E-state index in [-0.39, 0.29) is 12.8 Å². The molecular weight excluding hydrogens is 336 g/mol. The molecule has 0 N–H and O–H groups in total. The van der Waals surface area contributed by atoms with Crippen LogP contribution in [-0.2, 0) is 6.42 Å². The molecule has 26 heavy (non-hydrogen) atoms. The molecule has 3 aliphatic rings. The van der Waals surface area contributed by atoms with Gasteiger partial charge >= 0.3 is 0 Å². The van der Waals surface area contributed by atoms with Crippen LogP contribution in [0.3, 0.4) is 0 Å². The van der Waals surface area contributed by atoms with Crippen LogP contribution in [0.4, 0.5) is 8.78 Å². The fourth-order valence-electron chi connectivity index (χ4n) is 3.58. The lowest BCUT2D eigenvalue weighted by atomic mass is 9.96. The standard InChI is InChI=1S/C20H21F2N3O/c1-13-12-25(19(24-23-2)10-16-11-20(16,21)22)7-5-17(13)14-3-4-18-15(9-14)6-8-26-18/h3-5,7,9,16H,2,6,8,10-12H2,1H3/b24-19-. The molecule has 0 bridgehead atoms. The topological polar surface area (TPSA) is 37.2 Å². The van der Waals surface area contributed by atoms with Gasteiger partial charge in [-0.2, -0.15) is 5.10 Å². The second kappa shape index (κ2) is 6.34. The summed E-state index contributed by atoms with van der Waals surface area (Å²) in [5, 5.41) is 7.57. The lowest BCUT2D eigenvalue weighted by molar-refractivity contribution is 0.0998. The number of hydrogen-bond donors (Lipinski definition) is 0. The van der Waals surface area contributed by atoms with Crippen molar-refractivity contribution >= 4 is 18.1 Å². The van der Waals surface area contributed by atoms with Crippen LogP contribution >= 0.6 is 0 Å². The Hall–Kier alpha value is -2.50. The van der Waals surface area contributed by atoms with E-state index in [4.69, 9.17) is 4.74 Å². The minimum atomic E-state index is -2.57. The largest absolute Gasteiger partial charge is 0.493 e. The second-order valence-corrected chi connectivity index (χ2v) is 7.08. The minimum Gasteiger partial charge on any atom is -0.493 e. The van der Waals surface area contributed by atoms with Crippen molar-refractivity contribution in [3.05, 3.63) is 47.2 Å². The Morgan fingerprint density at radius 1 is 1.42 bits per heavy atom. The number of benzene rings is 1. The molecule has 0 radical (unpaired) electrons. The predicted molar refractivity (Wildman–Crippen MR) is 98.7 cm³/mol. The molecular formula is C20H21F2N3O. The molecule has 1 aliphatic carbocycles. The van der Waals surface area contributed by atoms with E-state index >= 15 is 0 Å². The Labute approximate surface area is 151 Å². The van der Waals surface area contributed by atoms with E-state index in [0.717, 1.165) is 35.5 Å². The van der Waals surface area contributed by atoms with Gasteiger partial charge in [0, 0.05) is 44.6 Å². The quantitative estimate of drug-likeness (QED) is 0.458. The number of fused-ring (bicyclic) bond motifs is 1. The summed E-state index contributed by atoms with van der Waals surface area (Å²) in [6.45, 7) is 6.77. The van der Waals surface area contributed by atoms with E-state index in [2.05, 4.69) is 36.0 Å². The van der Waals surface area contributed by atoms with E-state index in [9.17, 15) is 8.78 Å². The molecule has 0 aromatic heterocycles. The number of rotatable bonds is 4. The summed E-state index contributed by atoms with van der Waals surface area (Å²) in [6.07, 6.45) is 4.99. The Bertz CT molecular complexity index is 841. The van der Waals surface area contributed by atoms with E-state index in [1.165, 1.54) is 5.56 Å². The van der Waals surface area contributed by atoms with Crippen LogP contribution in [0.15, 0.2) is 46.3 Å². The number of nitrogens with zero attached hydrogens (tertiary/aromatic N) is 3. The zero-order valence-corrected chi connectivity index (χ0v) is 14.7. The maximum Gasteiger partial charge on any atom is 0.252 e. The average Bonchev–Trinajstić information content (AvgIpc) is 3.01. The van der Waals surface area contributed by atoms with Crippen LogP contribution in [0.25, 0.3) is 5.57 Å². The Morgan fingerprint density at radius 3 is 2.92 bits per heavy atom. The SMILES string of the molecule is C=N/N=C(/CC1CC1(F)F)N1C=CC(c2ccc3c(c2)CCO3)=C(C)C1. The Morgan fingerprint density at radius 2 is 2.23 bits per heavy atom. The Kier molecular flexibility index (Phi) is 4.13. The van der Waals surface area contributed by atoms with Crippen molar-refractivity contribution in [2.45, 2.75) is 32.1 Å². The van der Waals surface area contributed by atoms with Crippen molar-refractivity contribution < 1.29 is 13.5 Å². The van der Waals surface area contributed by atoms with Gasteiger partial charge in [-0.05, 0) is 47.4 Å². The highest BCUT2D eigenvalue weighted by Crippen LogP contribution is 2.51. The molecule has 1 aromatic carbocycles. The summed E-state index contributed by atoms with van der Waals surface area (Å²) in [5.74, 6) is -1.70. The average molecular weight is 357 g/mol. The maximum absolute atomic E-state index is 13.3. The second-order valence-electron chi connectivity index (χ2n) is 7.08. The smallest absolute Gasteiger partial charge is 0.252 e. The van der Waals surface area contributed by atoms with Gasteiger partial charge in [-0.25, -0.2) is 8.78 Å². The highest BCUT2D eigenvalue weighted by Gasteiger charge is 2.57. The van der Waals surface area contributed by atoms with Crippen LogP contribution < -0.4 is 4.74 Å². The van der Waals surface area contributed by atoms with Gasteiger partial charge in [0.15, 0.2) is 0 Å². The maximum atomic E-state index is 13.3. The molecule has 2 heterocycles. The van der Waals surface area contributed by atoms with Gasteiger partial charge in [-0.15, -0.1) is 5.10 Å². The zero-order valence-electron chi connectivity index (χ0n) is 14.7. The Balaban J connectivity index is 1.53. The number of halogens is 2. The van der Waals surface area contributed by atoms with Gasteiger partial charge in [0.05, 0.1) is 6.61 Å². The molecule has 4 rings (SSSR count). The first-order valence-electron chi connectivity index (χ1n) is 8.79. The van der Waals surface area contributed by atoms with Crippen LogP contribution in [0.5, 0.6) is 5.75 Å². The third-order valence-corrected chi connectivity index (χ3v) is 5.19. The fourth-order valence-corrected chi connectivity index (χ4v) is 3.58. The summed E-state index contributed by atoms with van der Waals surface area (Å²) in [5.41, 5.74) is 4.69. The molecule has 1 saturated carbocycles. The number of amidine groups is 1. The first-order valence-corrected chi connectivity index (χ1v) is 8.79. The highest BCUT2D eigenvalue weighted by atomic mass is 19.3. The number of allylic oxidation sites excluding steroid dienone is 2. The molecule has 0 saturated heterocycles. The molecule has 1 atom stereocenters. The van der Waals surface area contributed by atoms with Crippen LogP contribution in [0, 0.1) is 5.92 Å². The first-order chi connectivity index (χ1) is 12.5. The summed E-state index contributed by atoms with van der Waals surface area (Å²) in [6, 6.07) is 6.25. The highest BCUT2D eigenvalue weighted by molar-refractivity contribution is 5.87. The fraction of sp³-hybridized carbons (Fsp3) is 0.400. The number of hydrogen-bond acceptors (Lipinski definition) is 3. The molecule has 0 spiro atoms. The van der Waals surface area contributed by atoms with Crippen molar-refractivity contribution in [2.24, 2.45) is 16.1 Å². The van der Waals surface area contributed by atoms with Crippen molar-refractivity contribution in [3.8, 4) is 5.75 Å². The van der Waals surface area contributed by atoms with E-state index in [0.29, 0.717) is 12.4 Å². The van der Waals surface area contributed by atoms with Gasteiger partial charge in [0.2, 0.25) is 0 Å². The molecule has 136 valence electrons. The first kappa shape index (κ1) is 16.9. The van der Waals surface area contributed by atoms with Gasteiger partial charge in [-0.3, -0.25) is 0 Å². The lowest BCUT2D eigenvalue weighted by Crippen LogP contribution is -2.30. The van der Waals surface area contributed by atoms with Crippen molar-refractivity contribution in [1.82, 2.24) is 4.90 Å². The molecule has 1 aromatic rings. The van der Waals surface area contributed by atoms with Crippen molar-refractivity contribution in [3.63, 3.8) is 0 Å². The van der Waals surface area contributed by atoms with Crippen LogP contribution in [0.1, 0.15) is 30.9 Å². The van der Waals surface area contributed by atoms with Gasteiger partial charge in [-0.1, -0.05) is 6.07 Å². The summed E-state index contributed by atoms with van der Waals surface area (Å²) < 4.78 is 32.1. The molecule has 4 nitrogen and oxygen atoms in total. The normalized spacial score (nSPS) is 23.7. The van der Waals surface area contributed by atoms with E-state index < -0.39 is 11.8 Å². The summed E-state index contributed by atoms with van der Waals surface area (Å²) >= 11 is 0. The van der Waals surface area contributed by atoms with Crippen LogP contribution in [-0.4, -0.2) is 36.5 Å². The van der Waals surface area contributed by atoms with E-state index in [1.807, 2.05) is 23.2 Å². The molecule has 6 heteroatoms. The molecule has 2 aliphatic heterocycles. The zero-order chi connectivity index (χ0) is 18.3. The predicted octanol–water partition coefficient (Wildman–Crippen LogP) is 4.28. The minimum absolute atomic E-state index is 0.0714. The number of ether oxygens (including phenoxy) is 1. The van der Waals surface area contributed by atoms with Crippen molar-refractivity contribution in [1.29, 1.82) is 0 Å².